The van der Waals surface area contributed by atoms with Crippen molar-refractivity contribution >= 4 is 33.5 Å². The first kappa shape index (κ1) is 51.5. The quantitative estimate of drug-likeness (QED) is 0.0800. The second-order valence-electron chi connectivity index (χ2n) is 12.8. The summed E-state index contributed by atoms with van der Waals surface area (Å²) in [6, 6.07) is 4.60. The van der Waals surface area contributed by atoms with Crippen molar-refractivity contribution in [2.45, 2.75) is 38.0 Å². The first-order valence-electron chi connectivity index (χ1n) is 20.3. The molecule has 58 heavy (non-hydrogen) atoms. The van der Waals surface area contributed by atoms with E-state index in [-0.39, 0.29) is 36.2 Å². The van der Waals surface area contributed by atoms with E-state index >= 15 is 0 Å². The van der Waals surface area contributed by atoms with Gasteiger partial charge in [0.15, 0.2) is 0 Å². The zero-order chi connectivity index (χ0) is 41.9. The summed E-state index contributed by atoms with van der Waals surface area (Å²) in [5.74, 6) is 0.168. The van der Waals surface area contributed by atoms with E-state index < -0.39 is 10.0 Å². The van der Waals surface area contributed by atoms with Crippen LogP contribution in [0.2, 0.25) is 0 Å². The highest BCUT2D eigenvalue weighted by Gasteiger charge is 2.22. The summed E-state index contributed by atoms with van der Waals surface area (Å²) in [7, 11) is -3.83. The molecule has 19 heteroatoms. The molecule has 2 rings (SSSR count). The van der Waals surface area contributed by atoms with E-state index in [1.54, 1.807) is 12.1 Å². The molecule has 0 bridgehead atoms. The molecule has 0 atom stereocenters. The van der Waals surface area contributed by atoms with E-state index in [0.29, 0.717) is 162 Å². The van der Waals surface area contributed by atoms with Crippen LogP contribution in [0.4, 0.5) is 5.69 Å². The number of hydrogen-bond donors (Lipinski definition) is 3. The van der Waals surface area contributed by atoms with Gasteiger partial charge in [-0.25, -0.2) is 18.1 Å². The molecule has 0 unspecified atom stereocenters. The summed E-state index contributed by atoms with van der Waals surface area (Å²) < 4.78 is 82.9. The Morgan fingerprint density at radius 1 is 0.655 bits per heavy atom. The van der Waals surface area contributed by atoms with Gasteiger partial charge in [-0.05, 0) is 31.1 Å². The van der Waals surface area contributed by atoms with Gasteiger partial charge in [0.25, 0.3) is 0 Å². The zero-order valence-corrected chi connectivity index (χ0v) is 35.5. The number of ether oxygens (including phenoxy) is 10. The predicted octanol–water partition coefficient (Wildman–Crippen LogP) is 1.51. The predicted molar refractivity (Wildman–Crippen MR) is 220 cm³/mol. The Kier molecular flexibility index (Phi) is 30.3. The lowest BCUT2D eigenvalue weighted by Gasteiger charge is -2.22. The van der Waals surface area contributed by atoms with Crippen LogP contribution in [0.15, 0.2) is 33.7 Å². The monoisotopic (exact) mass is 847 g/mol. The van der Waals surface area contributed by atoms with Crippen molar-refractivity contribution in [3.8, 4) is 0 Å². The number of hydrogen-bond acceptors (Lipinski definition) is 16. The van der Waals surface area contributed by atoms with Crippen LogP contribution in [0, 0.1) is 0 Å². The van der Waals surface area contributed by atoms with Crippen LogP contribution in [0.5, 0.6) is 0 Å². The van der Waals surface area contributed by atoms with Crippen LogP contribution in [0.1, 0.15) is 38.7 Å². The smallest absolute Gasteiger partial charge is 0.250 e. The van der Waals surface area contributed by atoms with Crippen LogP contribution in [0.3, 0.4) is 0 Å². The second-order valence-corrected chi connectivity index (χ2v) is 14.5. The third-order valence-corrected chi connectivity index (χ3v) is 9.43. The van der Waals surface area contributed by atoms with Gasteiger partial charge in [-0.15, -0.1) is 0 Å². The lowest BCUT2D eigenvalue weighted by atomic mass is 10.1. The van der Waals surface area contributed by atoms with Crippen molar-refractivity contribution in [1.29, 1.82) is 0 Å². The molecular weight excluding hydrogens is 779 g/mol. The first-order chi connectivity index (χ1) is 28.3. The van der Waals surface area contributed by atoms with E-state index in [0.717, 1.165) is 12.8 Å². The van der Waals surface area contributed by atoms with Crippen LogP contribution >= 0.6 is 0 Å². The Bertz CT molecular complexity index is 1380. The standard InChI is InChI=1S/C39H69N5O13S/c1-3-9-44(10-4-2)39(45)35-31-34-5-6-36(33-37(34)43-38(41)32-35)58(46,47)42-8-12-49-14-16-51-18-20-53-22-24-55-26-28-57-30-29-56-27-25-54-23-21-52-19-17-50-15-13-48-11-7-40/h5-6,31,33,42H,3-4,7-30,32,40H2,1-2H3,(H2,41,43). The molecule has 334 valence electrons. The van der Waals surface area contributed by atoms with Crippen molar-refractivity contribution in [3.63, 3.8) is 0 Å². The highest BCUT2D eigenvalue weighted by Crippen LogP contribution is 2.29. The maximum Gasteiger partial charge on any atom is 0.250 e. The summed E-state index contributed by atoms with van der Waals surface area (Å²) in [4.78, 5) is 19.5. The van der Waals surface area contributed by atoms with E-state index in [4.69, 9.17) is 58.8 Å². The highest BCUT2D eigenvalue weighted by atomic mass is 32.2. The lowest BCUT2D eigenvalue weighted by Crippen LogP contribution is -2.34. The summed E-state index contributed by atoms with van der Waals surface area (Å²) in [6.07, 6.45) is 3.64. The van der Waals surface area contributed by atoms with Gasteiger partial charge in [0.1, 0.15) is 5.84 Å². The number of carbonyl (C=O) groups excluding carboxylic acids is 1. The molecule has 0 aromatic heterocycles. The SMILES string of the molecule is CCCN(CCC)C(=O)C1=Cc2ccc(S(=O)(=O)NCCOCCOCCOCCOCCOCCOCCOCCOCCOCCOCCN)cc2N=C(N)C1. The minimum atomic E-state index is -3.83. The minimum absolute atomic E-state index is 0.0460. The number of carbonyl (C=O) groups is 1. The highest BCUT2D eigenvalue weighted by molar-refractivity contribution is 7.89. The molecule has 1 heterocycles. The number of nitrogens with two attached hydrogens (primary N) is 2. The molecule has 0 saturated carbocycles. The maximum atomic E-state index is 13.2. The maximum absolute atomic E-state index is 13.2. The number of aliphatic imine (C=N–C) groups is 1. The second kappa shape index (κ2) is 34.1. The molecule has 1 aliphatic heterocycles. The summed E-state index contributed by atoms with van der Waals surface area (Å²) in [6.45, 7) is 14.9. The summed E-state index contributed by atoms with van der Waals surface area (Å²) in [5.41, 5.74) is 13.0. The molecule has 0 saturated heterocycles. The van der Waals surface area contributed by atoms with Gasteiger partial charge in [0.2, 0.25) is 15.9 Å². The minimum Gasteiger partial charge on any atom is -0.387 e. The fourth-order valence-electron chi connectivity index (χ4n) is 5.23. The Labute approximate surface area is 345 Å². The lowest BCUT2D eigenvalue weighted by molar-refractivity contribution is -0.127. The molecule has 0 fully saturated rings. The van der Waals surface area contributed by atoms with Gasteiger partial charge in [0, 0.05) is 43.7 Å². The average molecular weight is 848 g/mol. The number of nitrogens with zero attached hydrogens (tertiary/aromatic N) is 2. The normalized spacial score (nSPS) is 12.9. The number of nitrogens with one attached hydrogen (secondary N) is 1. The van der Waals surface area contributed by atoms with E-state index in [1.807, 2.05) is 18.7 Å². The molecule has 0 aliphatic carbocycles. The summed E-state index contributed by atoms with van der Waals surface area (Å²) in [5, 5.41) is 0. The molecule has 0 spiro atoms. The van der Waals surface area contributed by atoms with Gasteiger partial charge < -0.3 is 63.7 Å². The fraction of sp³-hybridized carbons (Fsp3) is 0.744. The molecule has 1 amide bonds. The Morgan fingerprint density at radius 2 is 1.05 bits per heavy atom. The van der Waals surface area contributed by atoms with E-state index in [9.17, 15) is 13.2 Å². The van der Waals surface area contributed by atoms with Gasteiger partial charge in [-0.3, -0.25) is 4.79 Å². The largest absolute Gasteiger partial charge is 0.387 e. The van der Waals surface area contributed by atoms with Crippen LogP contribution in [0.25, 0.3) is 6.08 Å². The van der Waals surface area contributed by atoms with Crippen LogP contribution < -0.4 is 16.2 Å². The Hall–Kier alpha value is -2.63. The first-order valence-corrected chi connectivity index (χ1v) is 21.7. The third-order valence-electron chi connectivity index (χ3n) is 7.98. The molecular formula is C39H69N5O13S. The molecule has 1 aliphatic rings. The number of sulfonamides is 1. The Morgan fingerprint density at radius 3 is 1.45 bits per heavy atom. The molecule has 5 N–H and O–H groups in total. The zero-order valence-electron chi connectivity index (χ0n) is 34.7. The number of rotatable bonds is 39. The summed E-state index contributed by atoms with van der Waals surface area (Å²) >= 11 is 0. The number of fused-ring (bicyclic) bond motifs is 1. The fourth-order valence-corrected chi connectivity index (χ4v) is 6.26. The molecule has 0 radical (unpaired) electrons. The van der Waals surface area contributed by atoms with Crippen LogP contribution in [-0.4, -0.2) is 183 Å². The van der Waals surface area contributed by atoms with Gasteiger partial charge in [0.05, 0.1) is 143 Å². The van der Waals surface area contributed by atoms with Crippen LogP contribution in [-0.2, 0) is 62.2 Å². The van der Waals surface area contributed by atoms with E-state index in [2.05, 4.69) is 9.71 Å². The van der Waals surface area contributed by atoms with Gasteiger partial charge >= 0.3 is 0 Å². The van der Waals surface area contributed by atoms with Gasteiger partial charge in [-0.1, -0.05) is 19.9 Å². The topological polar surface area (TPSA) is 223 Å². The van der Waals surface area contributed by atoms with Crippen molar-refractivity contribution in [2.75, 3.05) is 158 Å². The van der Waals surface area contributed by atoms with Crippen molar-refractivity contribution in [2.24, 2.45) is 16.5 Å². The molecule has 1 aromatic carbocycles. The number of amides is 1. The number of benzene rings is 1. The number of amidine groups is 1. The van der Waals surface area contributed by atoms with Crippen molar-refractivity contribution in [1.82, 2.24) is 9.62 Å². The molecule has 1 aromatic rings. The third kappa shape index (κ3) is 24.5. The van der Waals surface area contributed by atoms with Gasteiger partial charge in [-0.2, -0.15) is 0 Å². The van der Waals surface area contributed by atoms with E-state index in [1.165, 1.54) is 12.1 Å². The molecule has 18 nitrogen and oxygen atoms in total. The van der Waals surface area contributed by atoms with Crippen molar-refractivity contribution < 1.29 is 60.6 Å². The average Bonchev–Trinajstić information content (AvgIpc) is 3.38. The van der Waals surface area contributed by atoms with Crippen molar-refractivity contribution in [3.05, 3.63) is 29.3 Å². The Balaban J connectivity index is 1.39.